The quantitative estimate of drug-likeness (QED) is 0.0944. The highest BCUT2D eigenvalue weighted by molar-refractivity contribution is 5.85. The number of nitrogens with zero attached hydrogens (tertiary/aromatic N) is 10. The molecule has 1 aliphatic heterocycles. The number of halogens is 1. The van der Waals surface area contributed by atoms with E-state index in [0.29, 0.717) is 74.2 Å². The van der Waals surface area contributed by atoms with Crippen LogP contribution in [0.1, 0.15) is 60.3 Å². The number of amides is 2. The van der Waals surface area contributed by atoms with Crippen LogP contribution in [0.3, 0.4) is 0 Å². The number of benzene rings is 2. The molecule has 1 saturated heterocycles. The molecule has 2 amide bonds. The summed E-state index contributed by atoms with van der Waals surface area (Å²) in [6, 6.07) is 16.0. The van der Waals surface area contributed by atoms with Gasteiger partial charge in [0.25, 0.3) is 0 Å². The number of aromatic nitrogens is 9. The largest absolute Gasteiger partial charge is 0.508 e. The highest BCUT2D eigenvalue weighted by Crippen LogP contribution is 2.40. The van der Waals surface area contributed by atoms with Crippen LogP contribution in [0.4, 0.5) is 16.6 Å². The smallest absolute Gasteiger partial charge is 0.315 e. The first-order valence-electron chi connectivity index (χ1n) is 18.6. The fraction of sp³-hybridized carbons (Fsp3) is 0.368. The number of carbonyl (C=O) groups excluding carboxylic acids is 1. The fourth-order valence-corrected chi connectivity index (χ4v) is 7.46. The Kier molecular flexibility index (Phi) is 11.6. The van der Waals surface area contributed by atoms with E-state index in [1.54, 1.807) is 47.6 Å². The number of hydrogen-bond acceptors (Lipinski definition) is 14. The maximum atomic E-state index is 12.8. The number of aryl methyl sites for hydroxylation is 1. The topological polar surface area (TPSA) is 237 Å². The molecule has 19 heteroatoms. The van der Waals surface area contributed by atoms with Gasteiger partial charge < -0.3 is 45.8 Å². The molecule has 57 heavy (non-hydrogen) atoms. The van der Waals surface area contributed by atoms with Gasteiger partial charge in [0, 0.05) is 57.0 Å². The second-order valence-corrected chi connectivity index (χ2v) is 14.2. The second kappa shape index (κ2) is 16.9. The Balaban J connectivity index is 0.00000496. The first-order chi connectivity index (χ1) is 27.2. The maximum Gasteiger partial charge on any atom is 0.315 e. The maximum absolute atomic E-state index is 12.8. The molecule has 0 radical (unpaired) electrons. The van der Waals surface area contributed by atoms with E-state index < -0.39 is 24.3 Å². The molecule has 5 heterocycles. The minimum atomic E-state index is -1.18. The molecule has 1 saturated carbocycles. The summed E-state index contributed by atoms with van der Waals surface area (Å²) in [5, 5.41) is 64.7. The van der Waals surface area contributed by atoms with Gasteiger partial charge in [0.05, 0.1) is 12.4 Å². The van der Waals surface area contributed by atoms with E-state index in [9.17, 15) is 25.2 Å². The summed E-state index contributed by atoms with van der Waals surface area (Å²) < 4.78 is 1.77. The zero-order valence-corrected chi connectivity index (χ0v) is 31.8. The predicted octanol–water partition coefficient (Wildman–Crippen LogP) is 2.83. The molecule has 6 aromatic rings. The number of anilines is 2. The van der Waals surface area contributed by atoms with Crippen molar-refractivity contribution in [1.29, 1.82) is 0 Å². The van der Waals surface area contributed by atoms with Gasteiger partial charge >= 0.3 is 6.03 Å². The Bertz CT molecular complexity index is 2230. The van der Waals surface area contributed by atoms with Crippen LogP contribution < -0.4 is 20.9 Å². The van der Waals surface area contributed by atoms with Crippen LogP contribution in [-0.2, 0) is 13.0 Å². The van der Waals surface area contributed by atoms with Crippen molar-refractivity contribution in [3.05, 3.63) is 102 Å². The highest BCUT2D eigenvalue weighted by atomic mass is 35.5. The molecule has 7 N–H and O–H groups in total. The number of tetrazole rings is 1. The normalized spacial score (nSPS) is 20.5. The van der Waals surface area contributed by atoms with Crippen LogP contribution in [-0.4, -0.2) is 109 Å². The fourth-order valence-electron chi connectivity index (χ4n) is 7.46. The van der Waals surface area contributed by atoms with E-state index in [0.717, 1.165) is 16.7 Å². The van der Waals surface area contributed by atoms with Gasteiger partial charge in [-0.15, -0.1) is 22.6 Å². The van der Waals surface area contributed by atoms with Crippen molar-refractivity contribution >= 4 is 41.4 Å². The first-order valence-corrected chi connectivity index (χ1v) is 18.6. The van der Waals surface area contributed by atoms with Crippen LogP contribution in [0.25, 0.3) is 11.2 Å². The summed E-state index contributed by atoms with van der Waals surface area (Å²) in [5.74, 6) is 1.48. The van der Waals surface area contributed by atoms with Crippen molar-refractivity contribution in [3.63, 3.8) is 0 Å². The molecular formula is C38H44ClN13O5. The number of aromatic hydroxyl groups is 2. The van der Waals surface area contributed by atoms with Gasteiger partial charge in [0.15, 0.2) is 22.8 Å². The number of imidazole rings is 1. The van der Waals surface area contributed by atoms with Gasteiger partial charge in [-0.1, -0.05) is 37.3 Å². The number of hydrogen-bond donors (Lipinski definition) is 7. The van der Waals surface area contributed by atoms with Crippen molar-refractivity contribution in [2.75, 3.05) is 29.9 Å². The van der Waals surface area contributed by atoms with E-state index in [4.69, 9.17) is 15.0 Å². The van der Waals surface area contributed by atoms with Crippen molar-refractivity contribution in [1.82, 2.24) is 55.3 Å². The van der Waals surface area contributed by atoms with Gasteiger partial charge in [-0.2, -0.15) is 14.8 Å². The van der Waals surface area contributed by atoms with Crippen LogP contribution in [0, 0.1) is 0 Å². The first kappa shape index (κ1) is 39.1. The van der Waals surface area contributed by atoms with E-state index in [-0.39, 0.29) is 41.9 Å². The Morgan fingerprint density at radius 3 is 2.35 bits per heavy atom. The number of phenols is 2. The second-order valence-electron chi connectivity index (χ2n) is 14.2. The molecule has 8 rings (SSSR count). The highest BCUT2D eigenvalue weighted by Gasteiger charge is 2.45. The number of urea groups is 1. The Labute approximate surface area is 333 Å². The SMILES string of the molecule is CCc1nnn([C@H]2C[C@@H](n3cnc4c(NCC(c5ccc(O)cc5)c5ccc(O)cc5)nc(N5CCC(NC(=O)NCc6cccnc6)C5)nc43)[C@H](O)[C@@H]2O)n1.Cl. The minimum Gasteiger partial charge on any atom is -0.508 e. The van der Waals surface area contributed by atoms with Crippen LogP contribution >= 0.6 is 12.4 Å². The lowest BCUT2D eigenvalue weighted by Gasteiger charge is -2.22. The predicted molar refractivity (Wildman–Crippen MR) is 211 cm³/mol. The summed E-state index contributed by atoms with van der Waals surface area (Å²) in [6.07, 6.45) is 4.18. The lowest BCUT2D eigenvalue weighted by atomic mass is 9.91. The minimum absolute atomic E-state index is 0. The van der Waals surface area contributed by atoms with Gasteiger partial charge in [0.2, 0.25) is 5.95 Å². The third-order valence-corrected chi connectivity index (χ3v) is 10.5. The van der Waals surface area contributed by atoms with E-state index >= 15 is 0 Å². The number of aliphatic hydroxyl groups excluding tert-OH is 2. The Hall–Kier alpha value is -6.11. The molecule has 2 aliphatic rings. The number of nitrogens with one attached hydrogen (secondary N) is 3. The summed E-state index contributed by atoms with van der Waals surface area (Å²) in [4.78, 5) is 35.0. The average molecular weight is 798 g/mol. The number of aliphatic hydroxyl groups is 2. The zero-order chi connectivity index (χ0) is 38.8. The molecule has 18 nitrogen and oxygen atoms in total. The van der Waals surface area contributed by atoms with Crippen molar-refractivity contribution in [2.45, 2.75) is 69.0 Å². The van der Waals surface area contributed by atoms with Gasteiger partial charge in [-0.3, -0.25) is 4.98 Å². The van der Waals surface area contributed by atoms with Gasteiger partial charge in [-0.25, -0.2) is 9.78 Å². The number of fused-ring (bicyclic) bond motifs is 1. The summed E-state index contributed by atoms with van der Waals surface area (Å²) in [7, 11) is 0. The summed E-state index contributed by atoms with van der Waals surface area (Å²) >= 11 is 0. The standard InChI is InChI=1S/C38H43N13O5.ClH/c1-2-31-46-48-51(47-31)30-16-29(33(54)34(30)55)50-21-42-32-35(40-19-28(23-5-9-26(52)10-6-23)24-7-11-27(53)12-8-24)44-37(45-36(32)50)49-15-13-25(20-49)43-38(56)41-18-22-4-3-14-39-17-22;/h3-12,14,17,21,25,28-30,33-34,52-55H,2,13,15-16,18-20H2,1H3,(H,40,44,45)(H2,41,43,56);1H/t25?,29-,30+,33+,34-;/m1./s1. The van der Waals surface area contributed by atoms with Crippen LogP contribution in [0.2, 0.25) is 0 Å². The lowest BCUT2D eigenvalue weighted by molar-refractivity contribution is 0.00473. The molecule has 0 spiro atoms. The molecule has 4 aromatic heterocycles. The van der Waals surface area contributed by atoms with Crippen molar-refractivity contribution < 1.29 is 25.2 Å². The number of phenolic OH excluding ortho intramolecular Hbond substituents is 2. The summed E-state index contributed by atoms with van der Waals surface area (Å²) in [6.45, 7) is 3.65. The van der Waals surface area contributed by atoms with E-state index in [1.807, 2.05) is 48.2 Å². The monoisotopic (exact) mass is 797 g/mol. The molecule has 2 fully saturated rings. The third kappa shape index (κ3) is 8.37. The molecule has 1 aliphatic carbocycles. The van der Waals surface area contributed by atoms with Gasteiger partial charge in [0.1, 0.15) is 29.7 Å². The molecule has 298 valence electrons. The molecule has 2 aromatic carbocycles. The van der Waals surface area contributed by atoms with E-state index in [1.165, 1.54) is 4.80 Å². The van der Waals surface area contributed by atoms with Crippen LogP contribution in [0.5, 0.6) is 11.5 Å². The molecule has 5 atom stereocenters. The van der Waals surface area contributed by atoms with Gasteiger partial charge in [-0.05, 0) is 65.1 Å². The van der Waals surface area contributed by atoms with E-state index in [2.05, 4.69) is 36.3 Å². The van der Waals surface area contributed by atoms with Crippen molar-refractivity contribution in [3.8, 4) is 11.5 Å². The number of carbonyl (C=O) groups is 1. The summed E-state index contributed by atoms with van der Waals surface area (Å²) in [5.41, 5.74) is 3.65. The zero-order valence-electron chi connectivity index (χ0n) is 31.0. The van der Waals surface area contributed by atoms with Crippen LogP contribution in [0.15, 0.2) is 79.4 Å². The molecular weight excluding hydrogens is 754 g/mol. The number of rotatable bonds is 12. The molecule has 1 unspecified atom stereocenters. The number of pyridine rings is 1. The van der Waals surface area contributed by atoms with Crippen molar-refractivity contribution in [2.24, 2.45) is 0 Å². The molecule has 0 bridgehead atoms. The lowest BCUT2D eigenvalue weighted by Crippen LogP contribution is -2.43. The third-order valence-electron chi connectivity index (χ3n) is 10.5. The Morgan fingerprint density at radius 2 is 1.68 bits per heavy atom. The Morgan fingerprint density at radius 1 is 0.965 bits per heavy atom. The average Bonchev–Trinajstić information content (AvgIpc) is 4.03.